The number of hydrogen-bond donors (Lipinski definition) is 1. The Bertz CT molecular complexity index is 335. The standard InChI is InChI=1S/C11H13NS/c1-3-11(2)8-13-10-7-5-4-6-9(10)12-11/h3-7,12H,1,8H2,2H3. The van der Waals surface area contributed by atoms with Crippen molar-refractivity contribution in [1.82, 2.24) is 0 Å². The maximum atomic E-state index is 3.85. The summed E-state index contributed by atoms with van der Waals surface area (Å²) in [5, 5.41) is 3.48. The number of benzene rings is 1. The van der Waals surface area contributed by atoms with Gasteiger partial charge >= 0.3 is 0 Å². The minimum Gasteiger partial charge on any atom is -0.375 e. The highest BCUT2D eigenvalue weighted by molar-refractivity contribution is 7.99. The lowest BCUT2D eigenvalue weighted by Crippen LogP contribution is -2.37. The van der Waals surface area contributed by atoms with Crippen molar-refractivity contribution in [3.8, 4) is 0 Å². The number of anilines is 1. The molecule has 1 aliphatic heterocycles. The van der Waals surface area contributed by atoms with Gasteiger partial charge in [0, 0.05) is 16.3 Å². The molecule has 0 aromatic heterocycles. The highest BCUT2D eigenvalue weighted by Crippen LogP contribution is 2.37. The molecular weight excluding hydrogens is 178 g/mol. The maximum absolute atomic E-state index is 3.85. The van der Waals surface area contributed by atoms with Gasteiger partial charge in [0.25, 0.3) is 0 Å². The first kappa shape index (κ1) is 8.70. The zero-order valence-electron chi connectivity index (χ0n) is 7.71. The molecule has 1 aromatic rings. The summed E-state index contributed by atoms with van der Waals surface area (Å²) >= 11 is 1.89. The predicted octanol–water partition coefficient (Wildman–Crippen LogP) is 3.15. The van der Waals surface area contributed by atoms with Gasteiger partial charge in [-0.1, -0.05) is 18.2 Å². The molecule has 0 bridgehead atoms. The van der Waals surface area contributed by atoms with E-state index in [4.69, 9.17) is 0 Å². The maximum Gasteiger partial charge on any atom is 0.0619 e. The van der Waals surface area contributed by atoms with Crippen molar-refractivity contribution < 1.29 is 0 Å². The molecular formula is C11H13NS. The van der Waals surface area contributed by atoms with Crippen molar-refractivity contribution in [2.75, 3.05) is 11.1 Å². The Labute approximate surface area is 83.2 Å². The van der Waals surface area contributed by atoms with E-state index in [0.717, 1.165) is 5.75 Å². The molecule has 68 valence electrons. The minimum atomic E-state index is 0.0407. The van der Waals surface area contributed by atoms with Gasteiger partial charge in [-0.3, -0.25) is 0 Å². The molecule has 0 aliphatic carbocycles. The lowest BCUT2D eigenvalue weighted by atomic mass is 10.1. The smallest absolute Gasteiger partial charge is 0.0619 e. The molecule has 1 nitrogen and oxygen atoms in total. The lowest BCUT2D eigenvalue weighted by Gasteiger charge is -2.33. The molecule has 0 saturated carbocycles. The molecule has 1 aromatic carbocycles. The Kier molecular flexibility index (Phi) is 2.08. The van der Waals surface area contributed by atoms with Crippen LogP contribution in [0.2, 0.25) is 0 Å². The predicted molar refractivity (Wildman–Crippen MR) is 59.4 cm³/mol. The first-order valence-electron chi connectivity index (χ1n) is 4.37. The molecule has 1 unspecified atom stereocenters. The number of fused-ring (bicyclic) bond motifs is 1. The molecule has 1 N–H and O–H groups in total. The molecule has 1 atom stereocenters. The molecule has 0 fully saturated rings. The van der Waals surface area contributed by atoms with Gasteiger partial charge in [0.15, 0.2) is 0 Å². The molecule has 13 heavy (non-hydrogen) atoms. The third-order valence-electron chi connectivity index (χ3n) is 2.29. The van der Waals surface area contributed by atoms with Crippen molar-refractivity contribution >= 4 is 17.4 Å². The van der Waals surface area contributed by atoms with E-state index in [9.17, 15) is 0 Å². The monoisotopic (exact) mass is 191 g/mol. The minimum absolute atomic E-state index is 0.0407. The van der Waals surface area contributed by atoms with Gasteiger partial charge < -0.3 is 5.32 Å². The largest absolute Gasteiger partial charge is 0.375 e. The van der Waals surface area contributed by atoms with Crippen molar-refractivity contribution in [3.63, 3.8) is 0 Å². The SMILES string of the molecule is C=CC1(C)CSc2ccccc2N1. The normalized spacial score (nSPS) is 25.9. The van der Waals surface area contributed by atoms with E-state index in [1.807, 2.05) is 17.8 Å². The van der Waals surface area contributed by atoms with Gasteiger partial charge in [-0.25, -0.2) is 0 Å². The van der Waals surface area contributed by atoms with Crippen LogP contribution in [0.5, 0.6) is 0 Å². The average molecular weight is 191 g/mol. The van der Waals surface area contributed by atoms with Crippen LogP contribution < -0.4 is 5.32 Å². The summed E-state index contributed by atoms with van der Waals surface area (Å²) in [6.45, 7) is 6.02. The van der Waals surface area contributed by atoms with Crippen LogP contribution in [0.3, 0.4) is 0 Å². The summed E-state index contributed by atoms with van der Waals surface area (Å²) in [6.07, 6.45) is 1.98. The second-order valence-electron chi connectivity index (χ2n) is 3.53. The fraction of sp³-hybridized carbons (Fsp3) is 0.273. The zero-order chi connectivity index (χ0) is 9.31. The van der Waals surface area contributed by atoms with Crippen LogP contribution in [0, 0.1) is 0 Å². The van der Waals surface area contributed by atoms with Crippen LogP contribution >= 0.6 is 11.8 Å². The van der Waals surface area contributed by atoms with E-state index in [2.05, 4.69) is 43.1 Å². The number of thioether (sulfide) groups is 1. The number of hydrogen-bond acceptors (Lipinski definition) is 2. The summed E-state index contributed by atoms with van der Waals surface area (Å²) in [5.41, 5.74) is 1.26. The van der Waals surface area contributed by atoms with Gasteiger partial charge in [0.1, 0.15) is 0 Å². The lowest BCUT2D eigenvalue weighted by molar-refractivity contribution is 0.716. The summed E-state index contributed by atoms with van der Waals surface area (Å²) in [5.74, 6) is 1.05. The van der Waals surface area contributed by atoms with Crippen LogP contribution in [0.15, 0.2) is 41.8 Å². The number of nitrogens with one attached hydrogen (secondary N) is 1. The van der Waals surface area contributed by atoms with E-state index >= 15 is 0 Å². The summed E-state index contributed by atoms with van der Waals surface area (Å²) in [4.78, 5) is 1.34. The van der Waals surface area contributed by atoms with Crippen molar-refractivity contribution in [2.45, 2.75) is 17.4 Å². The first-order valence-corrected chi connectivity index (χ1v) is 5.36. The molecule has 2 rings (SSSR count). The quantitative estimate of drug-likeness (QED) is 0.684. The molecule has 1 aliphatic rings. The number of rotatable bonds is 1. The highest BCUT2D eigenvalue weighted by Gasteiger charge is 2.25. The van der Waals surface area contributed by atoms with E-state index in [1.54, 1.807) is 0 Å². The molecule has 0 radical (unpaired) electrons. The second-order valence-corrected chi connectivity index (χ2v) is 4.55. The molecule has 0 saturated heterocycles. The van der Waals surface area contributed by atoms with Gasteiger partial charge in [-0.15, -0.1) is 18.3 Å². The van der Waals surface area contributed by atoms with Gasteiger partial charge in [0.05, 0.1) is 5.54 Å². The Morgan fingerprint density at radius 2 is 2.31 bits per heavy atom. The van der Waals surface area contributed by atoms with Crippen LogP contribution in [-0.4, -0.2) is 11.3 Å². The Hall–Kier alpha value is -0.890. The average Bonchev–Trinajstić information content (AvgIpc) is 2.18. The van der Waals surface area contributed by atoms with E-state index in [0.29, 0.717) is 0 Å². The topological polar surface area (TPSA) is 12.0 Å². The Balaban J connectivity index is 2.34. The van der Waals surface area contributed by atoms with Gasteiger partial charge in [0.2, 0.25) is 0 Å². The van der Waals surface area contributed by atoms with Crippen molar-refractivity contribution in [2.24, 2.45) is 0 Å². The van der Waals surface area contributed by atoms with Crippen molar-refractivity contribution in [1.29, 1.82) is 0 Å². The molecule has 0 amide bonds. The summed E-state index contributed by atoms with van der Waals surface area (Å²) < 4.78 is 0. The Morgan fingerprint density at radius 1 is 1.54 bits per heavy atom. The number of para-hydroxylation sites is 1. The van der Waals surface area contributed by atoms with Crippen LogP contribution in [0.4, 0.5) is 5.69 Å². The second kappa shape index (κ2) is 3.11. The van der Waals surface area contributed by atoms with Crippen LogP contribution in [-0.2, 0) is 0 Å². The summed E-state index contributed by atoms with van der Waals surface area (Å²) in [6, 6.07) is 8.39. The van der Waals surface area contributed by atoms with Gasteiger partial charge in [-0.2, -0.15) is 0 Å². The Morgan fingerprint density at radius 3 is 3.08 bits per heavy atom. The van der Waals surface area contributed by atoms with Crippen LogP contribution in [0.25, 0.3) is 0 Å². The third kappa shape index (κ3) is 1.59. The van der Waals surface area contributed by atoms with Gasteiger partial charge in [-0.05, 0) is 19.1 Å². The van der Waals surface area contributed by atoms with Crippen molar-refractivity contribution in [3.05, 3.63) is 36.9 Å². The van der Waals surface area contributed by atoms with E-state index in [1.165, 1.54) is 10.6 Å². The summed E-state index contributed by atoms with van der Waals surface area (Å²) in [7, 11) is 0. The zero-order valence-corrected chi connectivity index (χ0v) is 8.53. The molecule has 2 heteroatoms. The fourth-order valence-corrected chi connectivity index (χ4v) is 2.47. The third-order valence-corrected chi connectivity index (χ3v) is 3.70. The molecule has 0 spiro atoms. The highest BCUT2D eigenvalue weighted by atomic mass is 32.2. The fourth-order valence-electron chi connectivity index (χ4n) is 1.38. The van der Waals surface area contributed by atoms with E-state index in [-0.39, 0.29) is 5.54 Å². The van der Waals surface area contributed by atoms with Crippen LogP contribution in [0.1, 0.15) is 6.92 Å². The first-order chi connectivity index (χ1) is 6.23. The molecule has 1 heterocycles. The van der Waals surface area contributed by atoms with E-state index < -0.39 is 0 Å².